The van der Waals surface area contributed by atoms with E-state index in [2.05, 4.69) is 19.6 Å². The number of aliphatic hydroxyl groups is 3. The van der Waals surface area contributed by atoms with Crippen LogP contribution in [0, 0.1) is 12.7 Å². The van der Waals surface area contributed by atoms with E-state index in [1.165, 1.54) is 23.5 Å². The molecular formula is C33H49FO7SSi3. The molecule has 0 saturated carbocycles. The van der Waals surface area contributed by atoms with Gasteiger partial charge >= 0.3 is 0 Å². The Bertz CT molecular complexity index is 1450. The lowest BCUT2D eigenvalue weighted by Crippen LogP contribution is -2.68. The number of thiophene rings is 1. The first-order valence-corrected chi connectivity index (χ1v) is 26.4. The molecule has 2 aromatic carbocycles. The fourth-order valence-corrected chi connectivity index (χ4v) is 9.14. The largest absolute Gasteiger partial charge is 0.415 e. The molecule has 4 rings (SSSR count). The van der Waals surface area contributed by atoms with E-state index < -0.39 is 61.3 Å². The van der Waals surface area contributed by atoms with E-state index in [9.17, 15) is 19.7 Å². The van der Waals surface area contributed by atoms with Crippen LogP contribution in [0.1, 0.15) is 27.7 Å². The number of aliphatic hydroxyl groups excluding tert-OH is 2. The van der Waals surface area contributed by atoms with Gasteiger partial charge in [0.25, 0.3) is 0 Å². The summed E-state index contributed by atoms with van der Waals surface area (Å²) in [4.78, 5) is 1.61. The van der Waals surface area contributed by atoms with Gasteiger partial charge in [0.15, 0.2) is 25.0 Å². The highest BCUT2D eigenvalue weighted by Crippen LogP contribution is 2.43. The average Bonchev–Trinajstić information content (AvgIpc) is 3.41. The number of hydrogen-bond acceptors (Lipinski definition) is 8. The van der Waals surface area contributed by atoms with Crippen LogP contribution in [0.2, 0.25) is 58.9 Å². The monoisotopic (exact) mass is 692 g/mol. The van der Waals surface area contributed by atoms with E-state index in [1.54, 1.807) is 24.3 Å². The van der Waals surface area contributed by atoms with Crippen LogP contribution in [-0.4, -0.2) is 71.3 Å². The highest BCUT2D eigenvalue weighted by molar-refractivity contribution is 7.15. The van der Waals surface area contributed by atoms with Crippen molar-refractivity contribution in [2.45, 2.75) is 102 Å². The summed E-state index contributed by atoms with van der Waals surface area (Å²) in [5.74, 6) is -2.31. The topological polar surface area (TPSA) is 97.6 Å². The maximum atomic E-state index is 13.5. The summed E-state index contributed by atoms with van der Waals surface area (Å²) in [6.45, 7) is 20.3. The quantitative estimate of drug-likeness (QED) is 0.184. The normalized spacial score (nSPS) is 25.4. The molecule has 3 unspecified atom stereocenters. The maximum Gasteiger partial charge on any atom is 0.221 e. The molecule has 1 aliphatic heterocycles. The number of rotatable bonds is 11. The molecule has 3 aromatic rings. The number of hydrogen-bond donors (Lipinski definition) is 3. The number of aryl methyl sites for hydroxylation is 1. The highest BCUT2D eigenvalue weighted by Gasteiger charge is 2.58. The molecule has 0 bridgehead atoms. The van der Waals surface area contributed by atoms with E-state index in [-0.39, 0.29) is 12.4 Å². The molecule has 1 aromatic heterocycles. The zero-order chi connectivity index (χ0) is 33.5. The number of benzene rings is 2. The Balaban J connectivity index is 1.78. The Morgan fingerprint density at radius 1 is 0.889 bits per heavy atom. The van der Waals surface area contributed by atoms with Crippen molar-refractivity contribution in [2.75, 3.05) is 6.61 Å². The van der Waals surface area contributed by atoms with Gasteiger partial charge in [-0.25, -0.2) is 4.39 Å². The van der Waals surface area contributed by atoms with Crippen molar-refractivity contribution in [2.24, 2.45) is 0 Å². The molecular weight excluding hydrogens is 644 g/mol. The molecule has 1 fully saturated rings. The summed E-state index contributed by atoms with van der Waals surface area (Å²) in [6, 6.07) is 15.4. The van der Waals surface area contributed by atoms with Crippen molar-refractivity contribution in [3.8, 4) is 10.4 Å². The van der Waals surface area contributed by atoms with Crippen LogP contribution in [0.5, 0.6) is 0 Å². The van der Waals surface area contributed by atoms with Gasteiger partial charge in [0.05, 0.1) is 6.61 Å². The fourth-order valence-electron chi connectivity index (χ4n) is 5.33. The smallest absolute Gasteiger partial charge is 0.221 e. The van der Waals surface area contributed by atoms with Crippen LogP contribution in [0.4, 0.5) is 4.39 Å². The van der Waals surface area contributed by atoms with Crippen molar-refractivity contribution in [1.29, 1.82) is 0 Å². The lowest BCUT2D eigenvalue weighted by Gasteiger charge is -2.52. The highest BCUT2D eigenvalue weighted by atomic mass is 32.1. The third kappa shape index (κ3) is 9.08. The molecule has 1 saturated heterocycles. The van der Waals surface area contributed by atoms with Gasteiger partial charge < -0.3 is 33.3 Å². The van der Waals surface area contributed by atoms with Gasteiger partial charge in [0, 0.05) is 15.3 Å². The van der Waals surface area contributed by atoms with E-state index in [0.717, 1.165) is 16.0 Å². The second kappa shape index (κ2) is 13.5. The molecule has 12 heteroatoms. The van der Waals surface area contributed by atoms with Crippen LogP contribution in [0.15, 0.2) is 54.6 Å². The standard InChI is InChI=1S/C33H49FO7SSi3/c1-21-11-14-23(19-25(21)29(35)28-18-17-27(42-28)22-12-15-24(34)16-13-22)33(37)32(41-45(8,9)10)31(40-44(5,6)7)30(36)26(39-33)20-38-43(2,3)4/h11-19,26,29-32,35-37H,20H2,1-10H3/t26-,29?,30-,31?,32?,33+/m1/s1. The minimum absolute atomic E-state index is 0.0904. The van der Waals surface area contributed by atoms with E-state index in [0.29, 0.717) is 16.0 Å². The van der Waals surface area contributed by atoms with Crippen molar-refractivity contribution in [3.63, 3.8) is 0 Å². The molecule has 6 atom stereocenters. The molecule has 7 nitrogen and oxygen atoms in total. The zero-order valence-electron chi connectivity index (χ0n) is 28.1. The Kier molecular flexibility index (Phi) is 10.9. The first-order chi connectivity index (χ1) is 20.7. The summed E-state index contributed by atoms with van der Waals surface area (Å²) in [7, 11) is -6.57. The molecule has 1 aliphatic rings. The van der Waals surface area contributed by atoms with Crippen molar-refractivity contribution < 1.29 is 37.7 Å². The van der Waals surface area contributed by atoms with Crippen LogP contribution in [0.25, 0.3) is 10.4 Å². The SMILES string of the molecule is Cc1ccc([C@]2(O)O[C@H](CO[Si](C)(C)C)[C@@H](O)C(O[Si](C)(C)C)C2O[Si](C)(C)C)cc1C(O)c1ccc(-c2ccc(F)cc2)s1. The minimum Gasteiger partial charge on any atom is -0.415 e. The van der Waals surface area contributed by atoms with Crippen LogP contribution >= 0.6 is 11.3 Å². The van der Waals surface area contributed by atoms with Gasteiger partial charge in [0.2, 0.25) is 5.79 Å². The Hall–Kier alpha value is -1.56. The summed E-state index contributed by atoms with van der Waals surface area (Å²) in [5.41, 5.74) is 2.70. The van der Waals surface area contributed by atoms with E-state index >= 15 is 0 Å². The third-order valence-electron chi connectivity index (χ3n) is 7.40. The molecule has 0 amide bonds. The van der Waals surface area contributed by atoms with Crippen molar-refractivity contribution in [1.82, 2.24) is 0 Å². The third-order valence-corrected chi connectivity index (χ3v) is 11.6. The van der Waals surface area contributed by atoms with Gasteiger partial charge in [-0.2, -0.15) is 0 Å². The minimum atomic E-state index is -2.33. The molecule has 45 heavy (non-hydrogen) atoms. The van der Waals surface area contributed by atoms with Crippen LogP contribution in [-0.2, 0) is 23.8 Å². The average molecular weight is 693 g/mol. The molecule has 2 heterocycles. The Morgan fingerprint density at radius 2 is 1.51 bits per heavy atom. The first-order valence-electron chi connectivity index (χ1n) is 15.4. The second-order valence-electron chi connectivity index (χ2n) is 14.8. The first kappa shape index (κ1) is 36.3. The Labute approximate surface area is 274 Å². The van der Waals surface area contributed by atoms with Gasteiger partial charge in [-0.1, -0.05) is 24.3 Å². The van der Waals surface area contributed by atoms with Gasteiger partial charge in [0.1, 0.15) is 36.3 Å². The maximum absolute atomic E-state index is 13.5. The summed E-state index contributed by atoms with van der Waals surface area (Å²) in [6.07, 6.45) is -4.87. The van der Waals surface area contributed by atoms with Crippen molar-refractivity contribution >= 4 is 36.3 Å². The Morgan fingerprint density at radius 3 is 2.09 bits per heavy atom. The van der Waals surface area contributed by atoms with Crippen LogP contribution in [0.3, 0.4) is 0 Å². The predicted octanol–water partition coefficient (Wildman–Crippen LogP) is 7.14. The lowest BCUT2D eigenvalue weighted by molar-refractivity contribution is -0.351. The lowest BCUT2D eigenvalue weighted by atomic mass is 9.86. The molecule has 0 radical (unpaired) electrons. The van der Waals surface area contributed by atoms with E-state index in [4.69, 9.17) is 18.0 Å². The zero-order valence-corrected chi connectivity index (χ0v) is 31.9. The fraction of sp³-hybridized carbons (Fsp3) is 0.515. The molecule has 0 aliphatic carbocycles. The summed E-state index contributed by atoms with van der Waals surface area (Å²) >= 11 is 1.42. The van der Waals surface area contributed by atoms with Gasteiger partial charge in [-0.3, -0.25) is 0 Å². The second-order valence-corrected chi connectivity index (χ2v) is 29.3. The summed E-state index contributed by atoms with van der Waals surface area (Å²) in [5, 5.41) is 35.9. The number of halogens is 1. The van der Waals surface area contributed by atoms with Gasteiger partial charge in [-0.05, 0) is 113 Å². The predicted molar refractivity (Wildman–Crippen MR) is 185 cm³/mol. The van der Waals surface area contributed by atoms with Gasteiger partial charge in [-0.15, -0.1) is 11.3 Å². The van der Waals surface area contributed by atoms with Crippen LogP contribution < -0.4 is 0 Å². The number of ether oxygens (including phenoxy) is 1. The molecule has 3 N–H and O–H groups in total. The van der Waals surface area contributed by atoms with E-state index in [1.807, 2.05) is 64.4 Å². The molecule has 248 valence electrons. The van der Waals surface area contributed by atoms with Crippen molar-refractivity contribution in [3.05, 3.63) is 82.0 Å². The summed E-state index contributed by atoms with van der Waals surface area (Å²) < 4.78 is 39.3. The molecule has 0 spiro atoms.